The van der Waals surface area contributed by atoms with E-state index >= 15 is 0 Å². The van der Waals surface area contributed by atoms with Crippen molar-refractivity contribution in [3.05, 3.63) is 82.0 Å². The number of hydrogen-bond acceptors (Lipinski definition) is 4. The fourth-order valence-electron chi connectivity index (χ4n) is 2.29. The Morgan fingerprint density at radius 1 is 1.11 bits per heavy atom. The maximum absolute atomic E-state index is 11.8. The van der Waals surface area contributed by atoms with Gasteiger partial charge < -0.3 is 4.42 Å². The smallest absolute Gasteiger partial charge is 0.250 e. The van der Waals surface area contributed by atoms with Gasteiger partial charge in [0.1, 0.15) is 11.5 Å². The van der Waals surface area contributed by atoms with E-state index in [1.54, 1.807) is 30.3 Å². The molecule has 0 spiro atoms. The van der Waals surface area contributed by atoms with Crippen LogP contribution in [0.15, 0.2) is 70.2 Å². The molecule has 0 unspecified atom stereocenters. The average Bonchev–Trinajstić information content (AvgIpc) is 3.11. The second-order valence-corrected chi connectivity index (χ2v) is 7.43. The van der Waals surface area contributed by atoms with Gasteiger partial charge in [0.25, 0.3) is 0 Å². The summed E-state index contributed by atoms with van der Waals surface area (Å²) in [4.78, 5) is 11.8. The minimum atomic E-state index is -0.167. The lowest BCUT2D eigenvalue weighted by Gasteiger charge is -2.01. The Bertz CT molecular complexity index is 942. The Morgan fingerprint density at radius 3 is 2.70 bits per heavy atom. The number of rotatable bonds is 7. The molecule has 1 amide bonds. The fraction of sp³-hybridized carbons (Fsp3) is 0.100. The van der Waals surface area contributed by atoms with Gasteiger partial charge in [-0.1, -0.05) is 53.5 Å². The van der Waals surface area contributed by atoms with Gasteiger partial charge in [-0.15, -0.1) is 11.8 Å². The van der Waals surface area contributed by atoms with Crippen molar-refractivity contribution in [3.8, 4) is 11.3 Å². The van der Waals surface area contributed by atoms with E-state index < -0.39 is 0 Å². The minimum absolute atomic E-state index is 0.167. The lowest BCUT2D eigenvalue weighted by atomic mass is 10.2. The molecule has 2 aromatic carbocycles. The van der Waals surface area contributed by atoms with Crippen LogP contribution >= 0.6 is 35.0 Å². The highest BCUT2D eigenvalue weighted by molar-refractivity contribution is 7.99. The summed E-state index contributed by atoms with van der Waals surface area (Å²) in [5.41, 5.74) is 4.41. The number of hydrogen-bond donors (Lipinski definition) is 1. The molecule has 0 bridgehead atoms. The van der Waals surface area contributed by atoms with Crippen LogP contribution in [0.1, 0.15) is 11.3 Å². The fourth-order valence-corrected chi connectivity index (χ4v) is 3.57. The molecule has 138 valence electrons. The van der Waals surface area contributed by atoms with Gasteiger partial charge in [-0.25, -0.2) is 5.43 Å². The van der Waals surface area contributed by atoms with Gasteiger partial charge in [-0.05, 0) is 35.9 Å². The molecule has 0 aliphatic rings. The standard InChI is InChI=1S/C20H16Cl2N2O2S/c21-15-6-8-17(18(22)10-15)19-9-7-16(26-19)11-23-24-20(25)13-27-12-14-4-2-1-3-5-14/h1-11H,12-13H2,(H,24,25)/b23-11-. The normalized spacial score (nSPS) is 11.0. The second-order valence-electron chi connectivity index (χ2n) is 5.60. The number of nitrogens with one attached hydrogen (secondary N) is 1. The second kappa shape index (κ2) is 9.65. The molecule has 0 fully saturated rings. The summed E-state index contributed by atoms with van der Waals surface area (Å²) in [6, 6.07) is 18.7. The van der Waals surface area contributed by atoms with Crippen LogP contribution in [-0.2, 0) is 10.5 Å². The third-order valence-electron chi connectivity index (χ3n) is 3.55. The van der Waals surface area contributed by atoms with E-state index in [2.05, 4.69) is 10.5 Å². The number of furan rings is 1. The molecule has 1 aromatic heterocycles. The zero-order valence-electron chi connectivity index (χ0n) is 14.2. The average molecular weight is 419 g/mol. The van der Waals surface area contributed by atoms with Crippen molar-refractivity contribution in [2.75, 3.05) is 5.75 Å². The number of amides is 1. The number of carbonyl (C=O) groups excluding carboxylic acids is 1. The summed E-state index contributed by atoms with van der Waals surface area (Å²) in [5.74, 6) is 2.05. The molecule has 0 radical (unpaired) electrons. The van der Waals surface area contributed by atoms with Gasteiger partial charge in [-0.2, -0.15) is 5.10 Å². The predicted octanol–water partition coefficient (Wildman–Crippen LogP) is 5.64. The first kappa shape index (κ1) is 19.5. The molecule has 0 aliphatic heterocycles. The first-order chi connectivity index (χ1) is 13.1. The zero-order valence-corrected chi connectivity index (χ0v) is 16.5. The summed E-state index contributed by atoms with van der Waals surface area (Å²) < 4.78 is 5.68. The zero-order chi connectivity index (χ0) is 19.1. The van der Waals surface area contributed by atoms with E-state index in [0.717, 1.165) is 11.3 Å². The lowest BCUT2D eigenvalue weighted by Crippen LogP contribution is -2.19. The molecule has 0 aliphatic carbocycles. The highest BCUT2D eigenvalue weighted by Crippen LogP contribution is 2.31. The van der Waals surface area contributed by atoms with Crippen LogP contribution in [0.5, 0.6) is 0 Å². The van der Waals surface area contributed by atoms with Crippen molar-refractivity contribution in [2.45, 2.75) is 5.75 Å². The number of nitrogens with zero attached hydrogens (tertiary/aromatic N) is 1. The molecule has 0 saturated carbocycles. The van der Waals surface area contributed by atoms with Crippen LogP contribution in [0.3, 0.4) is 0 Å². The first-order valence-electron chi connectivity index (χ1n) is 8.10. The van der Waals surface area contributed by atoms with Gasteiger partial charge in [0, 0.05) is 16.3 Å². The number of hydrazone groups is 1. The highest BCUT2D eigenvalue weighted by Gasteiger charge is 2.08. The molecule has 3 rings (SSSR count). The van der Waals surface area contributed by atoms with Crippen LogP contribution in [0.4, 0.5) is 0 Å². The monoisotopic (exact) mass is 418 g/mol. The van der Waals surface area contributed by atoms with Crippen molar-refractivity contribution < 1.29 is 9.21 Å². The Labute approximate surface area is 171 Å². The van der Waals surface area contributed by atoms with E-state index in [0.29, 0.717) is 27.3 Å². The van der Waals surface area contributed by atoms with Gasteiger partial charge in [-0.3, -0.25) is 4.79 Å². The molecule has 3 aromatic rings. The summed E-state index contributed by atoms with van der Waals surface area (Å²) in [6.45, 7) is 0. The summed E-state index contributed by atoms with van der Waals surface area (Å²) in [7, 11) is 0. The molecular formula is C20H16Cl2N2O2S. The molecule has 27 heavy (non-hydrogen) atoms. The van der Waals surface area contributed by atoms with E-state index in [1.807, 2.05) is 30.3 Å². The summed E-state index contributed by atoms with van der Waals surface area (Å²) in [5, 5.41) is 4.99. The van der Waals surface area contributed by atoms with Gasteiger partial charge in [0.2, 0.25) is 5.91 Å². The van der Waals surface area contributed by atoms with Crippen LogP contribution in [-0.4, -0.2) is 17.9 Å². The van der Waals surface area contributed by atoms with Crippen LogP contribution in [0, 0.1) is 0 Å². The number of thioether (sulfide) groups is 1. The van der Waals surface area contributed by atoms with E-state index in [9.17, 15) is 4.79 Å². The minimum Gasteiger partial charge on any atom is -0.455 e. The van der Waals surface area contributed by atoms with Gasteiger partial charge in [0.05, 0.1) is 17.0 Å². The topological polar surface area (TPSA) is 54.6 Å². The Kier molecular flexibility index (Phi) is 6.98. The largest absolute Gasteiger partial charge is 0.455 e. The number of halogens is 2. The van der Waals surface area contributed by atoms with Crippen molar-refractivity contribution in [2.24, 2.45) is 5.10 Å². The molecule has 1 heterocycles. The third kappa shape index (κ3) is 5.89. The van der Waals surface area contributed by atoms with E-state index in [4.69, 9.17) is 27.6 Å². The molecule has 7 heteroatoms. The first-order valence-corrected chi connectivity index (χ1v) is 10.0. The van der Waals surface area contributed by atoms with Gasteiger partial charge >= 0.3 is 0 Å². The van der Waals surface area contributed by atoms with Crippen LogP contribution in [0.25, 0.3) is 11.3 Å². The van der Waals surface area contributed by atoms with Crippen LogP contribution < -0.4 is 5.43 Å². The Balaban J connectivity index is 1.48. The summed E-state index contributed by atoms with van der Waals surface area (Å²) in [6.07, 6.45) is 1.45. The summed E-state index contributed by atoms with van der Waals surface area (Å²) >= 11 is 13.6. The van der Waals surface area contributed by atoms with Crippen molar-refractivity contribution in [1.82, 2.24) is 5.43 Å². The van der Waals surface area contributed by atoms with E-state index in [-0.39, 0.29) is 5.91 Å². The van der Waals surface area contributed by atoms with Crippen molar-refractivity contribution >= 4 is 47.1 Å². The molecule has 0 atom stereocenters. The number of benzene rings is 2. The Morgan fingerprint density at radius 2 is 1.93 bits per heavy atom. The van der Waals surface area contributed by atoms with Crippen LogP contribution in [0.2, 0.25) is 10.0 Å². The maximum Gasteiger partial charge on any atom is 0.250 e. The van der Waals surface area contributed by atoms with E-state index in [1.165, 1.54) is 23.5 Å². The third-order valence-corrected chi connectivity index (χ3v) is 5.10. The van der Waals surface area contributed by atoms with Crippen molar-refractivity contribution in [1.29, 1.82) is 0 Å². The quantitative estimate of drug-likeness (QED) is 0.399. The van der Waals surface area contributed by atoms with Crippen molar-refractivity contribution in [3.63, 3.8) is 0 Å². The highest BCUT2D eigenvalue weighted by atomic mass is 35.5. The molecule has 1 N–H and O–H groups in total. The van der Waals surface area contributed by atoms with Gasteiger partial charge in [0.15, 0.2) is 0 Å². The number of carbonyl (C=O) groups is 1. The SMILES string of the molecule is O=C(CSCc1ccccc1)N/N=C\c1ccc(-c2ccc(Cl)cc2Cl)o1. The predicted molar refractivity (Wildman–Crippen MR) is 113 cm³/mol. The maximum atomic E-state index is 11.8. The molecular weight excluding hydrogens is 403 g/mol. The lowest BCUT2D eigenvalue weighted by molar-refractivity contribution is -0.118. The Hall–Kier alpha value is -2.21. The molecule has 4 nitrogen and oxygen atoms in total. The molecule has 0 saturated heterocycles.